The number of fused-ring (bicyclic) bond motifs is 1. The fourth-order valence-corrected chi connectivity index (χ4v) is 3.11. The number of para-hydroxylation sites is 1. The van der Waals surface area contributed by atoms with Gasteiger partial charge in [-0.3, -0.25) is 19.7 Å². The third-order valence-electron chi connectivity index (χ3n) is 4.57. The van der Waals surface area contributed by atoms with Gasteiger partial charge < -0.3 is 9.30 Å². The number of benzene rings is 2. The number of hydrazone groups is 1. The quantitative estimate of drug-likeness (QED) is 0.279. The van der Waals surface area contributed by atoms with Gasteiger partial charge in [-0.15, -0.1) is 0 Å². The van der Waals surface area contributed by atoms with Crippen molar-refractivity contribution in [1.29, 1.82) is 0 Å². The van der Waals surface area contributed by atoms with E-state index in [9.17, 15) is 19.7 Å². The minimum atomic E-state index is -0.533. The Bertz CT molecular complexity index is 1130. The fourth-order valence-electron chi connectivity index (χ4n) is 3.11. The van der Waals surface area contributed by atoms with Crippen LogP contribution in [0.15, 0.2) is 53.6 Å². The highest BCUT2D eigenvalue weighted by Crippen LogP contribution is 2.24. The number of nitrogens with one attached hydrogen (secondary N) is 1. The molecule has 0 aliphatic rings. The number of carbonyl (C=O) groups excluding carboxylic acids is 2. The van der Waals surface area contributed by atoms with Crippen LogP contribution >= 0.6 is 0 Å². The second-order valence-electron chi connectivity index (χ2n) is 6.41. The number of ether oxygens (including phenoxy) is 1. The number of non-ortho nitro benzene ring substituents is 1. The van der Waals surface area contributed by atoms with Crippen molar-refractivity contribution in [2.75, 3.05) is 6.61 Å². The molecular formula is C21H20N4O5. The van der Waals surface area contributed by atoms with E-state index in [2.05, 4.69) is 10.5 Å². The number of rotatable bonds is 7. The maximum absolute atomic E-state index is 12.2. The summed E-state index contributed by atoms with van der Waals surface area (Å²) in [6.07, 6.45) is 1.52. The van der Waals surface area contributed by atoms with Gasteiger partial charge in [0.25, 0.3) is 11.6 Å². The molecule has 3 aromatic rings. The largest absolute Gasteiger partial charge is 0.465 e. The van der Waals surface area contributed by atoms with E-state index in [-0.39, 0.29) is 23.8 Å². The third-order valence-corrected chi connectivity index (χ3v) is 4.57. The molecule has 1 N–H and O–H groups in total. The molecule has 1 aromatic heterocycles. The zero-order chi connectivity index (χ0) is 21.7. The summed E-state index contributed by atoms with van der Waals surface area (Å²) in [7, 11) is 0. The Kier molecular flexibility index (Phi) is 6.21. The molecule has 0 saturated heterocycles. The zero-order valence-corrected chi connectivity index (χ0v) is 16.5. The molecule has 154 valence electrons. The third kappa shape index (κ3) is 4.35. The first kappa shape index (κ1) is 20.7. The highest BCUT2D eigenvalue weighted by Gasteiger charge is 2.15. The Morgan fingerprint density at radius 1 is 1.20 bits per heavy atom. The maximum Gasteiger partial charge on any atom is 0.325 e. The normalized spacial score (nSPS) is 11.0. The monoisotopic (exact) mass is 408 g/mol. The van der Waals surface area contributed by atoms with E-state index < -0.39 is 10.8 Å². The molecule has 1 amide bonds. The average Bonchev–Trinajstić information content (AvgIpc) is 3.00. The predicted molar refractivity (Wildman–Crippen MR) is 111 cm³/mol. The standard InChI is InChI=1S/C21H20N4O5/c1-3-30-20(26)13-24-14(2)18(17-6-4-5-7-19(17)24)12-22-23-21(27)15-8-10-16(11-9-15)25(28)29/h4-12H,3,13H2,1-2H3,(H,23,27)/b22-12+. The molecular weight excluding hydrogens is 388 g/mol. The van der Waals surface area contributed by atoms with E-state index in [1.807, 2.05) is 35.8 Å². The van der Waals surface area contributed by atoms with Gasteiger partial charge in [-0.25, -0.2) is 5.43 Å². The lowest BCUT2D eigenvalue weighted by atomic mass is 10.1. The van der Waals surface area contributed by atoms with Crippen LogP contribution in [0.1, 0.15) is 28.5 Å². The summed E-state index contributed by atoms with van der Waals surface area (Å²) in [4.78, 5) is 34.4. The van der Waals surface area contributed by atoms with Crippen LogP contribution < -0.4 is 5.43 Å². The molecule has 0 spiro atoms. The fraction of sp³-hybridized carbons (Fsp3) is 0.190. The van der Waals surface area contributed by atoms with Gasteiger partial charge in [-0.1, -0.05) is 18.2 Å². The molecule has 0 fully saturated rings. The molecule has 1 heterocycles. The van der Waals surface area contributed by atoms with Crippen molar-refractivity contribution in [2.24, 2.45) is 5.10 Å². The van der Waals surface area contributed by atoms with Gasteiger partial charge in [-0.05, 0) is 32.0 Å². The van der Waals surface area contributed by atoms with Crippen molar-refractivity contribution < 1.29 is 19.2 Å². The first-order valence-corrected chi connectivity index (χ1v) is 9.23. The Morgan fingerprint density at radius 2 is 1.90 bits per heavy atom. The Hall–Kier alpha value is -4.01. The summed E-state index contributed by atoms with van der Waals surface area (Å²) in [5.74, 6) is -0.828. The van der Waals surface area contributed by atoms with Crippen LogP contribution in [0.4, 0.5) is 5.69 Å². The van der Waals surface area contributed by atoms with E-state index in [0.717, 1.165) is 22.2 Å². The van der Waals surface area contributed by atoms with Crippen LogP contribution in [0.5, 0.6) is 0 Å². The van der Waals surface area contributed by atoms with Crippen LogP contribution in [-0.4, -0.2) is 34.2 Å². The number of nitro benzene ring substituents is 1. The number of nitro groups is 1. The van der Waals surface area contributed by atoms with Crippen molar-refractivity contribution in [1.82, 2.24) is 9.99 Å². The Balaban J connectivity index is 1.82. The number of amides is 1. The van der Waals surface area contributed by atoms with Crippen molar-refractivity contribution in [3.8, 4) is 0 Å². The van der Waals surface area contributed by atoms with E-state index >= 15 is 0 Å². The maximum atomic E-state index is 12.2. The van der Waals surface area contributed by atoms with E-state index in [4.69, 9.17) is 4.74 Å². The number of hydrogen-bond acceptors (Lipinski definition) is 6. The first-order valence-electron chi connectivity index (χ1n) is 9.23. The minimum Gasteiger partial charge on any atom is -0.465 e. The molecule has 9 heteroatoms. The molecule has 0 radical (unpaired) electrons. The molecule has 30 heavy (non-hydrogen) atoms. The van der Waals surface area contributed by atoms with Crippen LogP contribution in [0.3, 0.4) is 0 Å². The highest BCUT2D eigenvalue weighted by atomic mass is 16.6. The smallest absolute Gasteiger partial charge is 0.325 e. The van der Waals surface area contributed by atoms with Crippen LogP contribution in [0.2, 0.25) is 0 Å². The first-order chi connectivity index (χ1) is 14.4. The molecule has 2 aromatic carbocycles. The van der Waals surface area contributed by atoms with E-state index in [1.165, 1.54) is 30.5 Å². The summed E-state index contributed by atoms with van der Waals surface area (Å²) in [5, 5.41) is 15.6. The summed E-state index contributed by atoms with van der Waals surface area (Å²) in [6, 6.07) is 12.8. The number of hydrogen-bond donors (Lipinski definition) is 1. The Labute approximate surface area is 172 Å². The minimum absolute atomic E-state index is 0.0726. The highest BCUT2D eigenvalue weighted by molar-refractivity contribution is 6.02. The summed E-state index contributed by atoms with van der Waals surface area (Å²) < 4.78 is 6.89. The average molecular weight is 408 g/mol. The molecule has 0 unspecified atom stereocenters. The zero-order valence-electron chi connectivity index (χ0n) is 16.5. The van der Waals surface area contributed by atoms with Crippen LogP contribution in [0.25, 0.3) is 10.9 Å². The summed E-state index contributed by atoms with van der Waals surface area (Å²) >= 11 is 0. The summed E-state index contributed by atoms with van der Waals surface area (Å²) in [5.41, 5.74) is 4.99. The molecule has 0 saturated carbocycles. The van der Waals surface area contributed by atoms with Crippen molar-refractivity contribution in [3.05, 3.63) is 75.5 Å². The topological polar surface area (TPSA) is 116 Å². The Morgan fingerprint density at radius 3 is 2.57 bits per heavy atom. The lowest BCUT2D eigenvalue weighted by Gasteiger charge is -2.07. The van der Waals surface area contributed by atoms with E-state index in [1.54, 1.807) is 6.92 Å². The van der Waals surface area contributed by atoms with Crippen molar-refractivity contribution >= 4 is 34.7 Å². The lowest BCUT2D eigenvalue weighted by Crippen LogP contribution is -2.17. The number of carbonyl (C=O) groups is 2. The van der Waals surface area contributed by atoms with Gasteiger partial charge in [0.2, 0.25) is 0 Å². The van der Waals surface area contributed by atoms with Gasteiger partial charge in [0.1, 0.15) is 6.54 Å². The lowest BCUT2D eigenvalue weighted by molar-refractivity contribution is -0.384. The molecule has 3 rings (SSSR count). The molecule has 0 aliphatic heterocycles. The van der Waals surface area contributed by atoms with Gasteiger partial charge in [-0.2, -0.15) is 5.10 Å². The molecule has 0 atom stereocenters. The number of aromatic nitrogens is 1. The second-order valence-corrected chi connectivity index (χ2v) is 6.41. The van der Waals surface area contributed by atoms with Crippen molar-refractivity contribution in [3.63, 3.8) is 0 Å². The number of nitrogens with zero attached hydrogens (tertiary/aromatic N) is 3. The van der Waals surface area contributed by atoms with Gasteiger partial charge in [0.05, 0.1) is 17.7 Å². The van der Waals surface area contributed by atoms with Gasteiger partial charge in [0.15, 0.2) is 0 Å². The van der Waals surface area contributed by atoms with Gasteiger partial charge in [0, 0.05) is 39.9 Å². The number of esters is 1. The van der Waals surface area contributed by atoms with Gasteiger partial charge >= 0.3 is 5.97 Å². The van der Waals surface area contributed by atoms with Crippen molar-refractivity contribution in [2.45, 2.75) is 20.4 Å². The van der Waals surface area contributed by atoms with E-state index in [0.29, 0.717) is 6.61 Å². The predicted octanol–water partition coefficient (Wildman–Crippen LogP) is 3.18. The molecule has 9 nitrogen and oxygen atoms in total. The summed E-state index contributed by atoms with van der Waals surface area (Å²) in [6.45, 7) is 3.99. The second kappa shape index (κ2) is 8.99. The SMILES string of the molecule is CCOC(=O)Cn1c(C)c(/C=N/NC(=O)c2ccc([N+](=O)[O-])cc2)c2ccccc21. The van der Waals surface area contributed by atoms with Crippen LogP contribution in [0, 0.1) is 17.0 Å². The van der Waals surface area contributed by atoms with Crippen LogP contribution in [-0.2, 0) is 16.1 Å². The molecule has 0 bridgehead atoms. The molecule has 0 aliphatic carbocycles.